The Labute approximate surface area is 102 Å². The van der Waals surface area contributed by atoms with E-state index in [0.29, 0.717) is 11.7 Å². The summed E-state index contributed by atoms with van der Waals surface area (Å²) in [6.45, 7) is 1.96. The summed E-state index contributed by atoms with van der Waals surface area (Å²) in [5, 5.41) is 0. The van der Waals surface area contributed by atoms with Crippen molar-refractivity contribution in [2.24, 2.45) is 0 Å². The van der Waals surface area contributed by atoms with Gasteiger partial charge >= 0.3 is 0 Å². The van der Waals surface area contributed by atoms with Gasteiger partial charge in [0, 0.05) is 19.1 Å². The normalized spacial score (nSPS) is 20.9. The van der Waals surface area contributed by atoms with Crippen LogP contribution in [0.25, 0.3) is 0 Å². The van der Waals surface area contributed by atoms with Gasteiger partial charge in [0.15, 0.2) is 0 Å². The molecule has 1 aliphatic heterocycles. The summed E-state index contributed by atoms with van der Waals surface area (Å²) in [6, 6.07) is 5.20. The predicted molar refractivity (Wildman–Crippen MR) is 69.7 cm³/mol. The summed E-state index contributed by atoms with van der Waals surface area (Å²) in [4.78, 5) is 4.49. The first-order valence-corrected chi connectivity index (χ1v) is 6.04. The van der Waals surface area contributed by atoms with Crippen LogP contribution in [0.2, 0.25) is 0 Å². The second-order valence-electron chi connectivity index (χ2n) is 4.91. The molecule has 1 saturated heterocycles. The Morgan fingerprint density at radius 2 is 2.18 bits per heavy atom. The molecule has 0 aliphatic carbocycles. The lowest BCUT2D eigenvalue weighted by Crippen LogP contribution is -2.45. The van der Waals surface area contributed by atoms with Crippen molar-refractivity contribution < 1.29 is 4.39 Å². The largest absolute Gasteiger partial charge is 0.397 e. The van der Waals surface area contributed by atoms with E-state index in [0.717, 1.165) is 25.2 Å². The lowest BCUT2D eigenvalue weighted by atomic mass is 10.0. The average molecular weight is 237 g/mol. The second kappa shape index (κ2) is 4.92. The maximum Gasteiger partial charge on any atom is 0.125 e. The number of nitrogens with zero attached hydrogens (tertiary/aromatic N) is 2. The van der Waals surface area contributed by atoms with E-state index >= 15 is 0 Å². The third-order valence-corrected chi connectivity index (χ3v) is 3.46. The maximum absolute atomic E-state index is 13.0. The van der Waals surface area contributed by atoms with Gasteiger partial charge in [-0.1, -0.05) is 0 Å². The number of nitrogens with two attached hydrogens (primary N) is 1. The first kappa shape index (κ1) is 12.2. The molecule has 0 aromatic heterocycles. The molecule has 0 spiro atoms. The molecule has 2 rings (SSSR count). The zero-order valence-electron chi connectivity index (χ0n) is 10.5. The van der Waals surface area contributed by atoms with Gasteiger partial charge in [0.2, 0.25) is 0 Å². The topological polar surface area (TPSA) is 32.5 Å². The van der Waals surface area contributed by atoms with Gasteiger partial charge in [-0.2, -0.15) is 0 Å². The van der Waals surface area contributed by atoms with E-state index in [1.807, 2.05) is 0 Å². The number of anilines is 2. The molecule has 0 bridgehead atoms. The highest BCUT2D eigenvalue weighted by Crippen LogP contribution is 2.27. The molecule has 1 heterocycles. The highest BCUT2D eigenvalue weighted by atomic mass is 19.1. The predicted octanol–water partition coefficient (Wildman–Crippen LogP) is 1.94. The van der Waals surface area contributed by atoms with Gasteiger partial charge in [0.05, 0.1) is 11.4 Å². The van der Waals surface area contributed by atoms with Crippen LogP contribution in [0.4, 0.5) is 15.8 Å². The molecule has 1 fully saturated rings. The van der Waals surface area contributed by atoms with Crippen LogP contribution in [0.15, 0.2) is 18.2 Å². The lowest BCUT2D eigenvalue weighted by Gasteiger charge is -2.38. The third kappa shape index (κ3) is 2.69. The molecular formula is C13H20FN3. The van der Waals surface area contributed by atoms with Crippen molar-refractivity contribution in [3.63, 3.8) is 0 Å². The van der Waals surface area contributed by atoms with Crippen LogP contribution >= 0.6 is 0 Å². The first-order valence-electron chi connectivity index (χ1n) is 6.04. The number of piperidine rings is 1. The molecule has 0 amide bonds. The SMILES string of the molecule is CN(C)C1CCCN(c2ccc(F)cc2N)C1. The van der Waals surface area contributed by atoms with Crippen molar-refractivity contribution in [3.05, 3.63) is 24.0 Å². The number of hydrogen-bond acceptors (Lipinski definition) is 3. The summed E-state index contributed by atoms with van der Waals surface area (Å²) >= 11 is 0. The molecular weight excluding hydrogens is 217 g/mol. The molecule has 17 heavy (non-hydrogen) atoms. The minimum Gasteiger partial charge on any atom is -0.397 e. The quantitative estimate of drug-likeness (QED) is 0.798. The van der Waals surface area contributed by atoms with Crippen molar-refractivity contribution in [3.8, 4) is 0 Å². The van der Waals surface area contributed by atoms with E-state index in [4.69, 9.17) is 5.73 Å². The Kier molecular flexibility index (Phi) is 3.52. The zero-order chi connectivity index (χ0) is 12.4. The molecule has 1 atom stereocenters. The Bertz CT molecular complexity index is 392. The average Bonchev–Trinajstić information content (AvgIpc) is 2.29. The van der Waals surface area contributed by atoms with Crippen LogP contribution in [-0.2, 0) is 0 Å². The third-order valence-electron chi connectivity index (χ3n) is 3.46. The molecule has 0 radical (unpaired) electrons. The second-order valence-corrected chi connectivity index (χ2v) is 4.91. The molecule has 4 heteroatoms. The standard InChI is InChI=1S/C13H20FN3/c1-16(2)11-4-3-7-17(9-11)13-6-5-10(14)8-12(13)15/h5-6,8,11H,3-4,7,9,15H2,1-2H3. The van der Waals surface area contributed by atoms with Gasteiger partial charge in [-0.15, -0.1) is 0 Å². The van der Waals surface area contributed by atoms with Gasteiger partial charge in [0.25, 0.3) is 0 Å². The van der Waals surface area contributed by atoms with Crippen LogP contribution in [-0.4, -0.2) is 38.1 Å². The molecule has 1 unspecified atom stereocenters. The number of halogens is 1. The van der Waals surface area contributed by atoms with Crippen molar-refractivity contribution in [2.45, 2.75) is 18.9 Å². The van der Waals surface area contributed by atoms with Gasteiger partial charge in [0.1, 0.15) is 5.82 Å². The summed E-state index contributed by atoms with van der Waals surface area (Å²) in [6.07, 6.45) is 2.37. The summed E-state index contributed by atoms with van der Waals surface area (Å²) in [5.74, 6) is -0.271. The van der Waals surface area contributed by atoms with Crippen molar-refractivity contribution in [2.75, 3.05) is 37.8 Å². The monoisotopic (exact) mass is 237 g/mol. The fourth-order valence-corrected chi connectivity index (χ4v) is 2.41. The van der Waals surface area contributed by atoms with Crippen LogP contribution < -0.4 is 10.6 Å². The van der Waals surface area contributed by atoms with Gasteiger partial charge in [-0.05, 0) is 45.1 Å². The Morgan fingerprint density at radius 1 is 1.41 bits per heavy atom. The van der Waals surface area contributed by atoms with Crippen molar-refractivity contribution in [1.82, 2.24) is 4.90 Å². The van der Waals surface area contributed by atoms with Crippen molar-refractivity contribution in [1.29, 1.82) is 0 Å². The smallest absolute Gasteiger partial charge is 0.125 e. The minimum atomic E-state index is -0.271. The first-order chi connectivity index (χ1) is 8.08. The van der Waals surface area contributed by atoms with Crippen LogP contribution in [0.3, 0.4) is 0 Å². The maximum atomic E-state index is 13.0. The molecule has 1 aromatic rings. The molecule has 3 nitrogen and oxygen atoms in total. The summed E-state index contributed by atoms with van der Waals surface area (Å²) in [7, 11) is 4.20. The number of benzene rings is 1. The highest BCUT2D eigenvalue weighted by Gasteiger charge is 2.22. The molecule has 94 valence electrons. The van der Waals surface area contributed by atoms with Gasteiger partial charge in [-0.25, -0.2) is 4.39 Å². The van der Waals surface area contributed by atoms with E-state index in [1.54, 1.807) is 6.07 Å². The van der Waals surface area contributed by atoms with E-state index in [2.05, 4.69) is 23.9 Å². The van der Waals surface area contributed by atoms with Crippen molar-refractivity contribution >= 4 is 11.4 Å². The molecule has 1 aromatic carbocycles. The van der Waals surface area contributed by atoms with Crippen LogP contribution in [0.1, 0.15) is 12.8 Å². The fourth-order valence-electron chi connectivity index (χ4n) is 2.41. The summed E-state index contributed by atoms with van der Waals surface area (Å²) < 4.78 is 13.0. The van der Waals surface area contributed by atoms with E-state index in [1.165, 1.54) is 18.6 Å². The summed E-state index contributed by atoms with van der Waals surface area (Å²) in [5.41, 5.74) is 7.37. The van der Waals surface area contributed by atoms with Crippen LogP contribution in [0.5, 0.6) is 0 Å². The molecule has 1 aliphatic rings. The number of hydrogen-bond donors (Lipinski definition) is 1. The van der Waals surface area contributed by atoms with Gasteiger partial charge < -0.3 is 15.5 Å². The number of nitrogen functional groups attached to an aromatic ring is 1. The van der Waals surface area contributed by atoms with E-state index < -0.39 is 0 Å². The Balaban J connectivity index is 2.16. The molecule has 2 N–H and O–H groups in total. The van der Waals surface area contributed by atoms with Crippen LogP contribution in [0, 0.1) is 5.82 Å². The minimum absolute atomic E-state index is 0.271. The fraction of sp³-hybridized carbons (Fsp3) is 0.538. The Morgan fingerprint density at radius 3 is 2.82 bits per heavy atom. The number of likely N-dealkylation sites (N-methyl/N-ethyl adjacent to an activating group) is 1. The highest BCUT2D eigenvalue weighted by molar-refractivity contribution is 5.67. The van der Waals surface area contributed by atoms with Gasteiger partial charge in [-0.3, -0.25) is 0 Å². The number of rotatable bonds is 2. The Hall–Kier alpha value is -1.29. The van der Waals surface area contributed by atoms with E-state index in [-0.39, 0.29) is 5.82 Å². The van der Waals surface area contributed by atoms with E-state index in [9.17, 15) is 4.39 Å². The molecule has 0 saturated carbocycles. The zero-order valence-corrected chi connectivity index (χ0v) is 10.5. The lowest BCUT2D eigenvalue weighted by molar-refractivity contribution is 0.258.